The van der Waals surface area contributed by atoms with Gasteiger partial charge in [-0.2, -0.15) is 5.26 Å². The number of hydrogen-bond donors (Lipinski definition) is 1. The molecule has 2 aliphatic rings. The SMILES string of the molecule is N#Cc1cccc(Nc2cc(C(=O)N3CCC4(CC3)OCCO4)ncn2)c1. The van der Waals surface area contributed by atoms with Crippen LogP contribution in [0.25, 0.3) is 0 Å². The van der Waals surface area contributed by atoms with Crippen molar-refractivity contribution in [1.82, 2.24) is 14.9 Å². The van der Waals surface area contributed by atoms with Gasteiger partial charge >= 0.3 is 0 Å². The smallest absolute Gasteiger partial charge is 0.272 e. The molecule has 2 aromatic rings. The number of benzene rings is 1. The number of nitrogens with one attached hydrogen (secondary N) is 1. The number of rotatable bonds is 3. The van der Waals surface area contributed by atoms with Gasteiger partial charge in [-0.15, -0.1) is 0 Å². The van der Waals surface area contributed by atoms with Gasteiger partial charge in [0, 0.05) is 37.7 Å². The summed E-state index contributed by atoms with van der Waals surface area (Å²) in [6.07, 6.45) is 2.68. The average molecular weight is 365 g/mol. The van der Waals surface area contributed by atoms with E-state index in [4.69, 9.17) is 14.7 Å². The normalized spacial score (nSPS) is 18.3. The topological polar surface area (TPSA) is 100 Å². The maximum Gasteiger partial charge on any atom is 0.272 e. The van der Waals surface area contributed by atoms with Gasteiger partial charge in [-0.1, -0.05) is 6.07 Å². The average Bonchev–Trinajstić information content (AvgIpc) is 3.16. The predicted molar refractivity (Wildman–Crippen MR) is 96.2 cm³/mol. The Balaban J connectivity index is 1.44. The minimum atomic E-state index is -0.513. The third-order valence-electron chi connectivity index (χ3n) is 4.78. The molecule has 1 aromatic heterocycles. The molecule has 1 aromatic carbocycles. The van der Waals surface area contributed by atoms with Crippen molar-refractivity contribution in [3.8, 4) is 6.07 Å². The van der Waals surface area contributed by atoms with Crippen molar-refractivity contribution in [3.63, 3.8) is 0 Å². The maximum absolute atomic E-state index is 12.8. The summed E-state index contributed by atoms with van der Waals surface area (Å²) in [4.78, 5) is 22.8. The summed E-state index contributed by atoms with van der Waals surface area (Å²) >= 11 is 0. The van der Waals surface area contributed by atoms with Gasteiger partial charge in [-0.3, -0.25) is 4.79 Å². The second kappa shape index (κ2) is 7.31. The Morgan fingerprint density at radius 1 is 1.19 bits per heavy atom. The largest absolute Gasteiger partial charge is 0.347 e. The maximum atomic E-state index is 12.8. The Morgan fingerprint density at radius 2 is 1.96 bits per heavy atom. The second-order valence-corrected chi connectivity index (χ2v) is 6.51. The van der Waals surface area contributed by atoms with Gasteiger partial charge in [-0.25, -0.2) is 9.97 Å². The third kappa shape index (κ3) is 3.74. The van der Waals surface area contributed by atoms with Crippen LogP contribution in [0.5, 0.6) is 0 Å². The molecule has 27 heavy (non-hydrogen) atoms. The molecule has 0 bridgehead atoms. The number of amides is 1. The van der Waals surface area contributed by atoms with Gasteiger partial charge < -0.3 is 19.7 Å². The molecule has 0 radical (unpaired) electrons. The molecule has 4 rings (SSSR count). The van der Waals surface area contributed by atoms with Crippen LogP contribution in [0.2, 0.25) is 0 Å². The van der Waals surface area contributed by atoms with Crippen molar-refractivity contribution < 1.29 is 14.3 Å². The molecule has 3 heterocycles. The zero-order chi connectivity index (χ0) is 18.7. The lowest BCUT2D eigenvalue weighted by atomic mass is 10.0. The first-order chi connectivity index (χ1) is 13.2. The van der Waals surface area contributed by atoms with E-state index in [0.717, 1.165) is 5.69 Å². The van der Waals surface area contributed by atoms with Crippen LogP contribution in [-0.2, 0) is 9.47 Å². The Bertz CT molecular complexity index is 879. The molecule has 1 N–H and O–H groups in total. The number of carbonyl (C=O) groups excluding carboxylic acids is 1. The van der Waals surface area contributed by atoms with E-state index in [-0.39, 0.29) is 5.91 Å². The number of likely N-dealkylation sites (tertiary alicyclic amines) is 1. The van der Waals surface area contributed by atoms with Crippen molar-refractivity contribution in [1.29, 1.82) is 5.26 Å². The summed E-state index contributed by atoms with van der Waals surface area (Å²) in [7, 11) is 0. The Labute approximate surface area is 156 Å². The molecule has 1 spiro atoms. The Kier molecular flexibility index (Phi) is 4.71. The summed E-state index contributed by atoms with van der Waals surface area (Å²) < 4.78 is 11.4. The lowest BCUT2D eigenvalue weighted by Crippen LogP contribution is -2.47. The lowest BCUT2D eigenvalue weighted by Gasteiger charge is -2.37. The quantitative estimate of drug-likeness (QED) is 0.888. The summed E-state index contributed by atoms with van der Waals surface area (Å²) in [5, 5.41) is 12.1. The first kappa shape index (κ1) is 17.4. The van der Waals surface area contributed by atoms with E-state index in [1.807, 2.05) is 6.07 Å². The first-order valence-electron chi connectivity index (χ1n) is 8.84. The van der Waals surface area contributed by atoms with Gasteiger partial charge in [0.15, 0.2) is 5.79 Å². The summed E-state index contributed by atoms with van der Waals surface area (Å²) in [6.45, 7) is 2.36. The fourth-order valence-electron chi connectivity index (χ4n) is 3.36. The monoisotopic (exact) mass is 365 g/mol. The van der Waals surface area contributed by atoms with Crippen LogP contribution in [0.3, 0.4) is 0 Å². The van der Waals surface area contributed by atoms with Crippen LogP contribution in [0.4, 0.5) is 11.5 Å². The van der Waals surface area contributed by atoms with E-state index in [9.17, 15) is 4.79 Å². The van der Waals surface area contributed by atoms with E-state index < -0.39 is 5.79 Å². The fraction of sp³-hybridized carbons (Fsp3) is 0.368. The number of anilines is 2. The number of hydrogen-bond acceptors (Lipinski definition) is 7. The molecule has 0 unspecified atom stereocenters. The van der Waals surface area contributed by atoms with Crippen LogP contribution >= 0.6 is 0 Å². The van der Waals surface area contributed by atoms with Crippen molar-refractivity contribution in [2.24, 2.45) is 0 Å². The summed E-state index contributed by atoms with van der Waals surface area (Å²) in [5.74, 6) is -0.153. The van der Waals surface area contributed by atoms with Crippen LogP contribution in [0.1, 0.15) is 28.9 Å². The second-order valence-electron chi connectivity index (χ2n) is 6.51. The minimum Gasteiger partial charge on any atom is -0.347 e. The Morgan fingerprint density at radius 3 is 2.70 bits per heavy atom. The summed E-state index contributed by atoms with van der Waals surface area (Å²) in [5.41, 5.74) is 1.60. The number of piperidine rings is 1. The van der Waals surface area contributed by atoms with Crippen LogP contribution in [0, 0.1) is 11.3 Å². The molecular formula is C19H19N5O3. The number of nitriles is 1. The number of nitrogens with zero attached hydrogens (tertiary/aromatic N) is 4. The molecule has 8 nitrogen and oxygen atoms in total. The predicted octanol–water partition coefficient (Wildman–Crippen LogP) is 2.07. The molecule has 8 heteroatoms. The molecule has 0 atom stereocenters. The summed E-state index contributed by atoms with van der Waals surface area (Å²) in [6, 6.07) is 10.8. The van der Waals surface area contributed by atoms with Crippen molar-refractivity contribution in [2.45, 2.75) is 18.6 Å². The number of aromatic nitrogens is 2. The van der Waals surface area contributed by atoms with E-state index in [2.05, 4.69) is 21.4 Å². The standard InChI is InChI=1S/C19H19N5O3/c20-12-14-2-1-3-15(10-14)23-17-11-16(21-13-22-17)18(25)24-6-4-19(5-7-24)26-8-9-27-19/h1-3,10-11,13H,4-9H2,(H,21,22,23). The highest BCUT2D eigenvalue weighted by Crippen LogP contribution is 2.31. The van der Waals surface area contributed by atoms with Gasteiger partial charge in [0.25, 0.3) is 5.91 Å². The van der Waals surface area contributed by atoms with E-state index in [1.54, 1.807) is 29.2 Å². The van der Waals surface area contributed by atoms with Crippen LogP contribution < -0.4 is 5.32 Å². The minimum absolute atomic E-state index is 0.140. The first-order valence-corrected chi connectivity index (χ1v) is 8.84. The number of ether oxygens (including phenoxy) is 2. The Hall–Kier alpha value is -3.02. The van der Waals surface area contributed by atoms with Crippen LogP contribution in [0.15, 0.2) is 36.7 Å². The van der Waals surface area contributed by atoms with Gasteiger partial charge in [0.1, 0.15) is 17.8 Å². The van der Waals surface area contributed by atoms with Crippen molar-refractivity contribution in [3.05, 3.63) is 47.9 Å². The van der Waals surface area contributed by atoms with E-state index >= 15 is 0 Å². The highest BCUT2D eigenvalue weighted by atomic mass is 16.7. The molecule has 2 aliphatic heterocycles. The molecule has 0 saturated carbocycles. The van der Waals surface area contributed by atoms with Crippen molar-refractivity contribution >= 4 is 17.4 Å². The van der Waals surface area contributed by atoms with Crippen molar-refractivity contribution in [2.75, 3.05) is 31.6 Å². The highest BCUT2D eigenvalue weighted by molar-refractivity contribution is 5.93. The molecule has 2 saturated heterocycles. The molecule has 1 amide bonds. The molecule has 138 valence electrons. The van der Waals surface area contributed by atoms with Gasteiger partial charge in [-0.05, 0) is 18.2 Å². The zero-order valence-electron chi connectivity index (χ0n) is 14.7. The lowest BCUT2D eigenvalue weighted by molar-refractivity contribution is -0.181. The van der Waals surface area contributed by atoms with Crippen LogP contribution in [-0.4, -0.2) is 52.9 Å². The zero-order valence-corrected chi connectivity index (χ0v) is 14.7. The van der Waals surface area contributed by atoms with E-state index in [0.29, 0.717) is 56.2 Å². The van der Waals surface area contributed by atoms with E-state index in [1.165, 1.54) is 6.33 Å². The molecular weight excluding hydrogens is 346 g/mol. The molecule has 2 fully saturated rings. The molecule has 0 aliphatic carbocycles. The highest BCUT2D eigenvalue weighted by Gasteiger charge is 2.41. The van der Waals surface area contributed by atoms with Gasteiger partial charge in [0.05, 0.1) is 24.8 Å². The number of carbonyl (C=O) groups is 1. The van der Waals surface area contributed by atoms with Gasteiger partial charge in [0.2, 0.25) is 0 Å². The fourth-order valence-corrected chi connectivity index (χ4v) is 3.36. The third-order valence-corrected chi connectivity index (χ3v) is 4.78.